The van der Waals surface area contributed by atoms with Gasteiger partial charge in [-0.1, -0.05) is 24.3 Å². The standard InChI is InChI=1S/C25H41N7/c1-19(16-24-20(2)29-31(6)21(24)3)28-25(26-4)27-17-22-8-10-23(11-9-22)18-32-13-7-12-30(5)14-15-32/h8-11,19H,7,12-18H2,1-6H3,(H2,26,27,28). The lowest BCUT2D eigenvalue weighted by Gasteiger charge is -2.20. The van der Waals surface area contributed by atoms with Gasteiger partial charge in [0.1, 0.15) is 0 Å². The van der Waals surface area contributed by atoms with Gasteiger partial charge in [-0.05, 0) is 70.4 Å². The number of aliphatic imine (C=N–C) groups is 1. The maximum Gasteiger partial charge on any atom is 0.191 e. The molecule has 2 heterocycles. The third kappa shape index (κ3) is 6.81. The van der Waals surface area contributed by atoms with Crippen molar-refractivity contribution in [3.8, 4) is 0 Å². The van der Waals surface area contributed by atoms with E-state index in [-0.39, 0.29) is 6.04 Å². The smallest absolute Gasteiger partial charge is 0.191 e. The van der Waals surface area contributed by atoms with Crippen LogP contribution in [0.1, 0.15) is 41.4 Å². The Labute approximate surface area is 193 Å². The Morgan fingerprint density at radius 3 is 2.44 bits per heavy atom. The normalized spacial score (nSPS) is 17.2. The number of nitrogens with one attached hydrogen (secondary N) is 2. The molecule has 1 aliphatic rings. The quantitative estimate of drug-likeness (QED) is 0.513. The minimum Gasteiger partial charge on any atom is -0.354 e. The van der Waals surface area contributed by atoms with E-state index in [1.54, 1.807) is 0 Å². The molecule has 176 valence electrons. The molecule has 1 aromatic carbocycles. The van der Waals surface area contributed by atoms with Crippen molar-refractivity contribution in [3.05, 3.63) is 52.3 Å². The number of hydrogen-bond acceptors (Lipinski definition) is 4. The van der Waals surface area contributed by atoms with Gasteiger partial charge in [0.25, 0.3) is 0 Å². The van der Waals surface area contributed by atoms with Gasteiger partial charge in [0.05, 0.1) is 5.69 Å². The molecule has 1 unspecified atom stereocenters. The van der Waals surface area contributed by atoms with Gasteiger partial charge in [0.15, 0.2) is 5.96 Å². The van der Waals surface area contributed by atoms with Crippen molar-refractivity contribution in [2.24, 2.45) is 12.0 Å². The van der Waals surface area contributed by atoms with E-state index >= 15 is 0 Å². The number of hydrogen-bond donors (Lipinski definition) is 2. The summed E-state index contributed by atoms with van der Waals surface area (Å²) in [6, 6.07) is 9.24. The molecule has 1 aliphatic heterocycles. The Hall–Kier alpha value is -2.38. The Morgan fingerprint density at radius 1 is 1.06 bits per heavy atom. The molecule has 1 aromatic heterocycles. The van der Waals surface area contributed by atoms with Crippen molar-refractivity contribution in [1.29, 1.82) is 0 Å². The van der Waals surface area contributed by atoms with Crippen LogP contribution in [0.2, 0.25) is 0 Å². The summed E-state index contributed by atoms with van der Waals surface area (Å²) < 4.78 is 1.96. The van der Waals surface area contributed by atoms with E-state index in [2.05, 4.69) is 82.6 Å². The molecule has 0 amide bonds. The topological polar surface area (TPSA) is 60.7 Å². The number of nitrogens with zero attached hydrogens (tertiary/aromatic N) is 5. The number of guanidine groups is 1. The first-order valence-electron chi connectivity index (χ1n) is 11.8. The van der Waals surface area contributed by atoms with Gasteiger partial charge in [-0.25, -0.2) is 0 Å². The SMILES string of the molecule is CN=C(NCc1ccc(CN2CCCN(C)CC2)cc1)NC(C)Cc1c(C)nn(C)c1C. The fourth-order valence-electron chi connectivity index (χ4n) is 4.36. The van der Waals surface area contributed by atoms with Crippen LogP contribution in [0.25, 0.3) is 0 Å². The fraction of sp³-hybridized carbons (Fsp3) is 0.600. The van der Waals surface area contributed by atoms with E-state index < -0.39 is 0 Å². The molecular weight excluding hydrogens is 398 g/mol. The van der Waals surface area contributed by atoms with E-state index in [0.717, 1.165) is 44.3 Å². The number of aromatic nitrogens is 2. The minimum atomic E-state index is 0.262. The van der Waals surface area contributed by atoms with E-state index in [4.69, 9.17) is 0 Å². The number of likely N-dealkylation sites (N-methyl/N-ethyl adjacent to an activating group) is 1. The predicted octanol–water partition coefficient (Wildman–Crippen LogP) is 2.47. The van der Waals surface area contributed by atoms with Crippen LogP contribution in [0.4, 0.5) is 0 Å². The summed E-state index contributed by atoms with van der Waals surface area (Å²) in [5.74, 6) is 0.828. The van der Waals surface area contributed by atoms with Crippen LogP contribution in [0, 0.1) is 13.8 Å². The van der Waals surface area contributed by atoms with Crippen molar-refractivity contribution in [2.75, 3.05) is 40.3 Å². The second-order valence-electron chi connectivity index (χ2n) is 9.20. The van der Waals surface area contributed by atoms with Crippen LogP contribution in [-0.2, 0) is 26.6 Å². The summed E-state index contributed by atoms with van der Waals surface area (Å²) in [4.78, 5) is 9.40. The molecule has 1 atom stereocenters. The van der Waals surface area contributed by atoms with Gasteiger partial charge >= 0.3 is 0 Å². The van der Waals surface area contributed by atoms with E-state index in [0.29, 0.717) is 0 Å². The Bertz CT molecular complexity index is 884. The fourth-order valence-corrected chi connectivity index (χ4v) is 4.36. The van der Waals surface area contributed by atoms with Crippen molar-refractivity contribution in [2.45, 2.75) is 52.7 Å². The molecule has 2 aromatic rings. The highest BCUT2D eigenvalue weighted by Gasteiger charge is 2.14. The minimum absolute atomic E-state index is 0.262. The summed E-state index contributed by atoms with van der Waals surface area (Å²) in [5, 5.41) is 11.5. The summed E-state index contributed by atoms with van der Waals surface area (Å²) in [6.07, 6.45) is 2.18. The van der Waals surface area contributed by atoms with Crippen LogP contribution in [0.15, 0.2) is 29.3 Å². The first-order valence-corrected chi connectivity index (χ1v) is 11.8. The molecule has 0 aliphatic carbocycles. The van der Waals surface area contributed by atoms with Crippen LogP contribution in [0.5, 0.6) is 0 Å². The highest BCUT2D eigenvalue weighted by molar-refractivity contribution is 5.79. The lowest BCUT2D eigenvalue weighted by atomic mass is 10.1. The average molecular weight is 440 g/mol. The molecule has 2 N–H and O–H groups in total. The van der Waals surface area contributed by atoms with Crippen molar-refractivity contribution >= 4 is 5.96 Å². The number of rotatable bonds is 7. The highest BCUT2D eigenvalue weighted by Crippen LogP contribution is 2.14. The second kappa shape index (κ2) is 11.5. The van der Waals surface area contributed by atoms with Gasteiger partial charge in [0, 0.05) is 52.0 Å². The van der Waals surface area contributed by atoms with Crippen molar-refractivity contribution in [1.82, 2.24) is 30.2 Å². The van der Waals surface area contributed by atoms with Gasteiger partial charge in [0.2, 0.25) is 0 Å². The zero-order valence-corrected chi connectivity index (χ0v) is 20.8. The van der Waals surface area contributed by atoms with Gasteiger partial charge in [-0.3, -0.25) is 14.6 Å². The number of benzene rings is 1. The van der Waals surface area contributed by atoms with E-state index in [9.17, 15) is 0 Å². The maximum absolute atomic E-state index is 4.53. The predicted molar refractivity (Wildman–Crippen MR) is 133 cm³/mol. The van der Waals surface area contributed by atoms with E-state index in [1.807, 2.05) is 18.8 Å². The first kappa shape index (κ1) is 24.3. The second-order valence-corrected chi connectivity index (χ2v) is 9.20. The monoisotopic (exact) mass is 439 g/mol. The largest absolute Gasteiger partial charge is 0.354 e. The zero-order valence-electron chi connectivity index (χ0n) is 20.8. The summed E-state index contributed by atoms with van der Waals surface area (Å²) >= 11 is 0. The first-order chi connectivity index (χ1) is 15.4. The van der Waals surface area contributed by atoms with Crippen LogP contribution >= 0.6 is 0 Å². The summed E-state index contributed by atoms with van der Waals surface area (Å²) in [7, 11) is 6.04. The third-order valence-electron chi connectivity index (χ3n) is 6.48. The molecule has 0 saturated carbocycles. The molecule has 0 radical (unpaired) electrons. The Balaban J connectivity index is 1.47. The van der Waals surface area contributed by atoms with Crippen molar-refractivity contribution in [3.63, 3.8) is 0 Å². The maximum atomic E-state index is 4.53. The van der Waals surface area contributed by atoms with E-state index in [1.165, 1.54) is 41.9 Å². The number of aryl methyl sites for hydroxylation is 2. The van der Waals surface area contributed by atoms with Crippen molar-refractivity contribution < 1.29 is 0 Å². The molecule has 0 bridgehead atoms. The molecule has 7 heteroatoms. The average Bonchev–Trinajstić information content (AvgIpc) is 2.91. The van der Waals surface area contributed by atoms with Crippen LogP contribution in [-0.4, -0.2) is 71.9 Å². The molecule has 3 rings (SSSR count). The van der Waals surface area contributed by atoms with Crippen LogP contribution in [0.3, 0.4) is 0 Å². The lowest BCUT2D eigenvalue weighted by molar-refractivity contribution is 0.269. The van der Waals surface area contributed by atoms with Gasteiger partial charge in [-0.15, -0.1) is 0 Å². The molecule has 1 saturated heterocycles. The highest BCUT2D eigenvalue weighted by atomic mass is 15.3. The molecule has 7 nitrogen and oxygen atoms in total. The summed E-state index contributed by atoms with van der Waals surface area (Å²) in [5.41, 5.74) is 6.30. The Morgan fingerprint density at radius 2 is 1.78 bits per heavy atom. The zero-order chi connectivity index (χ0) is 23.1. The Kier molecular flexibility index (Phi) is 8.70. The summed E-state index contributed by atoms with van der Waals surface area (Å²) in [6.45, 7) is 12.9. The third-order valence-corrected chi connectivity index (χ3v) is 6.48. The lowest BCUT2D eigenvalue weighted by Crippen LogP contribution is -2.42. The van der Waals surface area contributed by atoms with Gasteiger partial charge in [-0.2, -0.15) is 5.10 Å². The molecular formula is C25H41N7. The van der Waals surface area contributed by atoms with Gasteiger partial charge < -0.3 is 15.5 Å². The van der Waals surface area contributed by atoms with Crippen LogP contribution < -0.4 is 10.6 Å². The molecule has 0 spiro atoms. The molecule has 32 heavy (non-hydrogen) atoms. The molecule has 1 fully saturated rings.